The number of hydrogen-bond donors (Lipinski definition) is 2. The third kappa shape index (κ3) is 4.42. The molecule has 4 rings (SSSR count). The molecule has 1 aliphatic rings. The molecule has 0 fully saturated rings. The second-order valence-electron chi connectivity index (χ2n) is 7.47. The molecule has 156 valence electrons. The van der Waals surface area contributed by atoms with Gasteiger partial charge < -0.3 is 15.4 Å². The van der Waals surface area contributed by atoms with Crippen molar-refractivity contribution in [3.63, 3.8) is 0 Å². The van der Waals surface area contributed by atoms with Crippen LogP contribution in [0.3, 0.4) is 0 Å². The van der Waals surface area contributed by atoms with Gasteiger partial charge in [-0.2, -0.15) is 5.10 Å². The summed E-state index contributed by atoms with van der Waals surface area (Å²) >= 11 is 0. The number of carbonyl (C=O) groups excluding carboxylic acids is 1. The molecule has 2 aromatic heterocycles. The summed E-state index contributed by atoms with van der Waals surface area (Å²) in [6.07, 6.45) is 1.09. The fourth-order valence-electron chi connectivity index (χ4n) is 3.61. The second-order valence-corrected chi connectivity index (χ2v) is 7.47. The van der Waals surface area contributed by atoms with Crippen molar-refractivity contribution < 1.29 is 9.53 Å². The van der Waals surface area contributed by atoms with Crippen LogP contribution >= 0.6 is 0 Å². The number of aryl methyl sites for hydroxylation is 4. The average molecular weight is 406 g/mol. The maximum Gasteiger partial charge on any atom is 0.261 e. The molecule has 0 spiro atoms. The molecular weight excluding hydrogens is 380 g/mol. The maximum atomic E-state index is 12.5. The molecule has 1 aromatic carbocycles. The third-order valence-electron chi connectivity index (χ3n) is 4.99. The van der Waals surface area contributed by atoms with E-state index in [0.29, 0.717) is 37.0 Å². The number of aromatic nitrogens is 4. The lowest BCUT2D eigenvalue weighted by molar-refractivity contribution is -0.128. The second kappa shape index (κ2) is 8.52. The number of amides is 1. The molecular formula is C22H26N6O2. The first-order valence-corrected chi connectivity index (χ1v) is 10.1. The van der Waals surface area contributed by atoms with Gasteiger partial charge in [-0.1, -0.05) is 18.2 Å². The van der Waals surface area contributed by atoms with Crippen molar-refractivity contribution in [2.24, 2.45) is 0 Å². The summed E-state index contributed by atoms with van der Waals surface area (Å²) in [6, 6.07) is 11.7. The molecule has 1 amide bonds. The highest BCUT2D eigenvalue weighted by molar-refractivity contribution is 5.81. The Kier molecular flexibility index (Phi) is 5.65. The largest absolute Gasteiger partial charge is 0.480 e. The molecule has 0 saturated heterocycles. The Morgan fingerprint density at radius 2 is 2.00 bits per heavy atom. The number of anilines is 1. The van der Waals surface area contributed by atoms with E-state index < -0.39 is 6.10 Å². The Bertz CT molecular complexity index is 1060. The van der Waals surface area contributed by atoms with Crippen LogP contribution in [-0.4, -0.2) is 44.8 Å². The van der Waals surface area contributed by atoms with Gasteiger partial charge in [-0.15, -0.1) is 0 Å². The molecule has 8 nitrogen and oxygen atoms in total. The molecule has 30 heavy (non-hydrogen) atoms. The van der Waals surface area contributed by atoms with E-state index in [-0.39, 0.29) is 5.91 Å². The first-order chi connectivity index (χ1) is 14.5. The molecule has 1 aliphatic heterocycles. The molecule has 0 bridgehead atoms. The summed E-state index contributed by atoms with van der Waals surface area (Å²) < 4.78 is 7.64. The monoisotopic (exact) mass is 406 g/mol. The van der Waals surface area contributed by atoms with Crippen LogP contribution in [0.5, 0.6) is 5.75 Å². The minimum Gasteiger partial charge on any atom is -0.480 e. The van der Waals surface area contributed by atoms with E-state index in [2.05, 4.69) is 25.7 Å². The van der Waals surface area contributed by atoms with Crippen molar-refractivity contribution in [1.82, 2.24) is 25.1 Å². The summed E-state index contributed by atoms with van der Waals surface area (Å²) in [7, 11) is 0. The molecule has 8 heteroatoms. The highest BCUT2D eigenvalue weighted by atomic mass is 16.5. The number of rotatable bonds is 6. The number of benzene rings is 1. The molecule has 0 aliphatic carbocycles. The van der Waals surface area contributed by atoms with Gasteiger partial charge in [0.25, 0.3) is 5.91 Å². The number of para-hydroxylation sites is 1. The fourth-order valence-corrected chi connectivity index (χ4v) is 3.61. The summed E-state index contributed by atoms with van der Waals surface area (Å²) in [5, 5.41) is 10.7. The summed E-state index contributed by atoms with van der Waals surface area (Å²) in [4.78, 5) is 21.4. The molecule has 0 unspecified atom stereocenters. The SMILES string of the molecule is Cc1cc(C)n(-c2cc(NCCNC(=O)[C@@H]3CCc4ccccc4O3)nc(C)n2)n1. The Balaban J connectivity index is 1.31. The number of carbonyl (C=O) groups is 1. The van der Waals surface area contributed by atoms with E-state index in [0.717, 1.165) is 29.1 Å². The van der Waals surface area contributed by atoms with Gasteiger partial charge in [0.2, 0.25) is 0 Å². The first-order valence-electron chi connectivity index (χ1n) is 10.1. The quantitative estimate of drug-likeness (QED) is 0.611. The smallest absolute Gasteiger partial charge is 0.261 e. The van der Waals surface area contributed by atoms with Crippen molar-refractivity contribution in [2.45, 2.75) is 39.7 Å². The molecule has 3 heterocycles. The number of ether oxygens (including phenoxy) is 1. The van der Waals surface area contributed by atoms with E-state index in [4.69, 9.17) is 4.74 Å². The van der Waals surface area contributed by atoms with Crippen LogP contribution in [0.15, 0.2) is 36.4 Å². The van der Waals surface area contributed by atoms with Crippen molar-refractivity contribution in [2.75, 3.05) is 18.4 Å². The van der Waals surface area contributed by atoms with Crippen LogP contribution in [0.25, 0.3) is 5.82 Å². The van der Waals surface area contributed by atoms with Crippen LogP contribution in [0.4, 0.5) is 5.82 Å². The van der Waals surface area contributed by atoms with Gasteiger partial charge in [0, 0.05) is 24.8 Å². The van der Waals surface area contributed by atoms with Gasteiger partial charge in [-0.25, -0.2) is 14.6 Å². The molecule has 3 aromatic rings. The predicted molar refractivity (Wildman–Crippen MR) is 114 cm³/mol. The van der Waals surface area contributed by atoms with E-state index in [9.17, 15) is 4.79 Å². The minimum absolute atomic E-state index is 0.0894. The third-order valence-corrected chi connectivity index (χ3v) is 4.99. The lowest BCUT2D eigenvalue weighted by atomic mass is 10.0. The van der Waals surface area contributed by atoms with Crippen molar-refractivity contribution in [3.05, 3.63) is 59.2 Å². The lowest BCUT2D eigenvalue weighted by Crippen LogP contribution is -2.42. The Morgan fingerprint density at radius 3 is 2.80 bits per heavy atom. The number of hydrogen-bond acceptors (Lipinski definition) is 6. The summed E-state index contributed by atoms with van der Waals surface area (Å²) in [6.45, 7) is 6.81. The molecule has 2 N–H and O–H groups in total. The molecule has 0 radical (unpaired) electrons. The van der Waals surface area contributed by atoms with Crippen LogP contribution in [0.1, 0.15) is 29.2 Å². The van der Waals surface area contributed by atoms with E-state index in [1.54, 1.807) is 4.68 Å². The highest BCUT2D eigenvalue weighted by Crippen LogP contribution is 2.27. The van der Waals surface area contributed by atoms with Gasteiger partial charge in [-0.3, -0.25) is 4.79 Å². The van der Waals surface area contributed by atoms with E-state index in [1.807, 2.05) is 57.2 Å². The van der Waals surface area contributed by atoms with Crippen LogP contribution in [-0.2, 0) is 11.2 Å². The fraction of sp³-hybridized carbons (Fsp3) is 0.364. The predicted octanol–water partition coefficient (Wildman–Crippen LogP) is 2.51. The Hall–Kier alpha value is -3.42. The normalized spacial score (nSPS) is 15.2. The zero-order valence-corrected chi connectivity index (χ0v) is 17.5. The number of nitrogens with one attached hydrogen (secondary N) is 2. The van der Waals surface area contributed by atoms with Crippen molar-refractivity contribution in [3.8, 4) is 11.6 Å². The molecule has 0 saturated carbocycles. The Morgan fingerprint density at radius 1 is 1.17 bits per heavy atom. The summed E-state index contributed by atoms with van der Waals surface area (Å²) in [5.74, 6) is 2.78. The Labute approximate surface area is 175 Å². The van der Waals surface area contributed by atoms with Crippen molar-refractivity contribution in [1.29, 1.82) is 0 Å². The average Bonchev–Trinajstić information content (AvgIpc) is 3.08. The van der Waals surface area contributed by atoms with Crippen LogP contribution in [0, 0.1) is 20.8 Å². The summed E-state index contributed by atoms with van der Waals surface area (Å²) in [5.41, 5.74) is 3.10. The number of fused-ring (bicyclic) bond motifs is 1. The van der Waals surface area contributed by atoms with Gasteiger partial charge in [0.1, 0.15) is 17.4 Å². The van der Waals surface area contributed by atoms with Crippen LogP contribution in [0.2, 0.25) is 0 Å². The zero-order valence-electron chi connectivity index (χ0n) is 17.5. The van der Waals surface area contributed by atoms with Gasteiger partial charge in [-0.05, 0) is 51.3 Å². The van der Waals surface area contributed by atoms with Gasteiger partial charge >= 0.3 is 0 Å². The minimum atomic E-state index is -0.446. The first kappa shape index (κ1) is 19.9. The highest BCUT2D eigenvalue weighted by Gasteiger charge is 2.25. The van der Waals surface area contributed by atoms with E-state index in [1.165, 1.54) is 0 Å². The van der Waals surface area contributed by atoms with Gasteiger partial charge in [0.15, 0.2) is 11.9 Å². The maximum absolute atomic E-state index is 12.5. The van der Waals surface area contributed by atoms with Crippen molar-refractivity contribution >= 4 is 11.7 Å². The zero-order chi connectivity index (χ0) is 21.1. The van der Waals surface area contributed by atoms with Gasteiger partial charge in [0.05, 0.1) is 5.69 Å². The lowest BCUT2D eigenvalue weighted by Gasteiger charge is -2.25. The number of nitrogens with zero attached hydrogens (tertiary/aromatic N) is 4. The van der Waals surface area contributed by atoms with E-state index >= 15 is 0 Å². The molecule has 1 atom stereocenters. The van der Waals surface area contributed by atoms with Crippen LogP contribution < -0.4 is 15.4 Å². The topological polar surface area (TPSA) is 94.0 Å². The standard InChI is InChI=1S/C22H26N6O2/c1-14-12-15(2)28(27-14)21-13-20(25-16(3)26-21)23-10-11-24-22(29)19-9-8-17-6-4-5-7-18(17)30-19/h4-7,12-13,19H,8-11H2,1-3H3,(H,24,29)(H,23,25,26)/t19-/m0/s1.